The molecule has 3 nitrogen and oxygen atoms in total. The van der Waals surface area contributed by atoms with E-state index in [2.05, 4.69) is 13.5 Å². The predicted molar refractivity (Wildman–Crippen MR) is 111 cm³/mol. The van der Waals surface area contributed by atoms with Crippen LogP contribution in [0.5, 0.6) is 5.75 Å². The standard InChI is InChI=1S/C25H24O3/c1-16-19-11-10-18(28-4)14-20(19)24(2)13-12-21(26)25(3,23(24)22(16)27)15-17-8-6-5-7-9-17/h5-14,27H,1,15H2,2-4H3. The van der Waals surface area contributed by atoms with E-state index in [0.29, 0.717) is 17.6 Å². The Morgan fingerprint density at radius 3 is 2.50 bits per heavy atom. The molecule has 0 radical (unpaired) electrons. The summed E-state index contributed by atoms with van der Waals surface area (Å²) in [5, 5.41) is 11.2. The molecular weight excluding hydrogens is 348 g/mol. The third-order valence-electron chi connectivity index (χ3n) is 6.22. The summed E-state index contributed by atoms with van der Waals surface area (Å²) in [6.07, 6.45) is 4.08. The molecule has 0 amide bonds. The normalized spacial score (nSPS) is 26.1. The number of hydrogen-bond donors (Lipinski definition) is 1. The van der Waals surface area contributed by atoms with E-state index in [1.807, 2.05) is 61.5 Å². The van der Waals surface area contributed by atoms with Crippen molar-refractivity contribution in [2.75, 3.05) is 7.11 Å². The van der Waals surface area contributed by atoms with E-state index in [4.69, 9.17) is 4.74 Å². The molecule has 2 atom stereocenters. The van der Waals surface area contributed by atoms with Crippen LogP contribution in [0.25, 0.3) is 5.57 Å². The van der Waals surface area contributed by atoms with Gasteiger partial charge in [0, 0.05) is 16.6 Å². The lowest BCUT2D eigenvalue weighted by Gasteiger charge is -2.47. The first-order chi connectivity index (χ1) is 13.3. The Morgan fingerprint density at radius 2 is 1.82 bits per heavy atom. The molecular formula is C25H24O3. The van der Waals surface area contributed by atoms with Gasteiger partial charge in [0.25, 0.3) is 0 Å². The second-order valence-electron chi connectivity index (χ2n) is 8.01. The Labute approximate surface area is 165 Å². The van der Waals surface area contributed by atoms with E-state index in [9.17, 15) is 9.90 Å². The van der Waals surface area contributed by atoms with Crippen LogP contribution in [0.3, 0.4) is 0 Å². The Bertz CT molecular complexity index is 1040. The smallest absolute Gasteiger partial charge is 0.165 e. The molecule has 0 bridgehead atoms. The number of ketones is 1. The van der Waals surface area contributed by atoms with Crippen molar-refractivity contribution in [3.63, 3.8) is 0 Å². The number of aliphatic hydroxyl groups is 1. The quantitative estimate of drug-likeness (QED) is 0.807. The molecule has 0 saturated carbocycles. The van der Waals surface area contributed by atoms with E-state index < -0.39 is 10.8 Å². The van der Waals surface area contributed by atoms with Gasteiger partial charge in [-0.3, -0.25) is 4.79 Å². The lowest BCUT2D eigenvalue weighted by Crippen LogP contribution is -2.46. The van der Waals surface area contributed by atoms with Crippen molar-refractivity contribution in [3.05, 3.63) is 95.3 Å². The minimum atomic E-state index is -0.862. The lowest BCUT2D eigenvalue weighted by molar-refractivity contribution is -0.122. The van der Waals surface area contributed by atoms with Gasteiger partial charge in [0.05, 0.1) is 12.5 Å². The van der Waals surface area contributed by atoms with Crippen molar-refractivity contribution in [3.8, 4) is 5.75 Å². The molecule has 142 valence electrons. The molecule has 28 heavy (non-hydrogen) atoms. The van der Waals surface area contributed by atoms with Crippen LogP contribution in [0.2, 0.25) is 0 Å². The highest BCUT2D eigenvalue weighted by Gasteiger charge is 2.52. The van der Waals surface area contributed by atoms with Gasteiger partial charge < -0.3 is 9.84 Å². The first kappa shape index (κ1) is 18.3. The van der Waals surface area contributed by atoms with E-state index in [-0.39, 0.29) is 11.5 Å². The number of fused-ring (bicyclic) bond motifs is 3. The summed E-state index contributed by atoms with van der Waals surface area (Å²) in [5.41, 5.74) is 2.71. The van der Waals surface area contributed by atoms with Gasteiger partial charge in [-0.1, -0.05) is 49.1 Å². The van der Waals surface area contributed by atoms with Crippen LogP contribution < -0.4 is 4.74 Å². The minimum Gasteiger partial charge on any atom is -0.507 e. The van der Waals surface area contributed by atoms with Crippen molar-refractivity contribution >= 4 is 11.4 Å². The molecule has 2 unspecified atom stereocenters. The van der Waals surface area contributed by atoms with Gasteiger partial charge in [0.15, 0.2) is 5.78 Å². The lowest BCUT2D eigenvalue weighted by atomic mass is 9.55. The van der Waals surface area contributed by atoms with Gasteiger partial charge in [0.1, 0.15) is 11.5 Å². The second kappa shape index (κ2) is 6.23. The van der Waals surface area contributed by atoms with Crippen LogP contribution in [0, 0.1) is 5.41 Å². The summed E-state index contributed by atoms with van der Waals surface area (Å²) in [6.45, 7) is 8.10. The molecule has 0 aliphatic heterocycles. The van der Waals surface area contributed by atoms with Crippen molar-refractivity contribution < 1.29 is 14.6 Å². The van der Waals surface area contributed by atoms with Crippen LogP contribution >= 0.6 is 0 Å². The van der Waals surface area contributed by atoms with Gasteiger partial charge in [0.2, 0.25) is 0 Å². The molecule has 1 N–H and O–H groups in total. The third-order valence-corrected chi connectivity index (χ3v) is 6.22. The number of benzene rings is 2. The van der Waals surface area contributed by atoms with Gasteiger partial charge >= 0.3 is 0 Å². The van der Waals surface area contributed by atoms with Crippen molar-refractivity contribution in [2.45, 2.75) is 25.7 Å². The van der Waals surface area contributed by atoms with Crippen molar-refractivity contribution in [1.82, 2.24) is 0 Å². The van der Waals surface area contributed by atoms with E-state index >= 15 is 0 Å². The van der Waals surface area contributed by atoms with Crippen molar-refractivity contribution in [2.24, 2.45) is 5.41 Å². The number of allylic oxidation sites excluding steroid dienone is 4. The minimum absolute atomic E-state index is 0.00507. The first-order valence-corrected chi connectivity index (χ1v) is 9.41. The summed E-state index contributed by atoms with van der Waals surface area (Å²) >= 11 is 0. The topological polar surface area (TPSA) is 46.5 Å². The molecule has 0 saturated heterocycles. The highest BCUT2D eigenvalue weighted by molar-refractivity contribution is 6.02. The Balaban J connectivity index is 1.96. The Morgan fingerprint density at radius 1 is 1.11 bits per heavy atom. The zero-order valence-electron chi connectivity index (χ0n) is 16.5. The molecule has 2 aliphatic rings. The van der Waals surface area contributed by atoms with Crippen LogP contribution in [-0.2, 0) is 16.6 Å². The second-order valence-corrected chi connectivity index (χ2v) is 8.01. The SMILES string of the molecule is C=C1C(O)=C2C(C)(Cc3ccccc3)C(=O)C=CC2(C)c2cc(OC)ccc21. The molecule has 4 rings (SSSR count). The van der Waals surface area contributed by atoms with Gasteiger partial charge in [-0.25, -0.2) is 0 Å². The summed E-state index contributed by atoms with van der Waals surface area (Å²) in [4.78, 5) is 13.1. The van der Waals surface area contributed by atoms with Crippen LogP contribution in [0.1, 0.15) is 30.5 Å². The fourth-order valence-electron chi connectivity index (χ4n) is 4.74. The number of methoxy groups -OCH3 is 1. The van der Waals surface area contributed by atoms with Crippen LogP contribution in [0.4, 0.5) is 0 Å². The summed E-state index contributed by atoms with van der Waals surface area (Å²) < 4.78 is 5.44. The zero-order valence-corrected chi connectivity index (χ0v) is 16.5. The number of rotatable bonds is 3. The maximum Gasteiger partial charge on any atom is 0.165 e. The van der Waals surface area contributed by atoms with Gasteiger partial charge in [-0.15, -0.1) is 0 Å². The predicted octanol–water partition coefficient (Wildman–Crippen LogP) is 5.18. The molecule has 0 aromatic heterocycles. The first-order valence-electron chi connectivity index (χ1n) is 9.41. The maximum absolute atomic E-state index is 13.1. The molecule has 2 aromatic rings. The number of carbonyl (C=O) groups excluding carboxylic acids is 1. The maximum atomic E-state index is 13.1. The van der Waals surface area contributed by atoms with Crippen LogP contribution in [0.15, 0.2) is 78.6 Å². The number of aliphatic hydroxyl groups excluding tert-OH is 1. The fraction of sp³-hybridized carbons (Fsp3) is 0.240. The molecule has 2 aromatic carbocycles. The summed E-state index contributed by atoms with van der Waals surface area (Å²) in [6, 6.07) is 15.7. The Hall–Kier alpha value is -3.07. The Kier molecular flexibility index (Phi) is 4.07. The van der Waals surface area contributed by atoms with E-state index in [1.165, 1.54) is 0 Å². The fourth-order valence-corrected chi connectivity index (χ4v) is 4.74. The molecule has 0 heterocycles. The van der Waals surface area contributed by atoms with Crippen molar-refractivity contribution in [1.29, 1.82) is 0 Å². The monoisotopic (exact) mass is 372 g/mol. The van der Waals surface area contributed by atoms with Crippen LogP contribution in [-0.4, -0.2) is 18.0 Å². The summed E-state index contributed by atoms with van der Waals surface area (Å²) in [7, 11) is 1.63. The average Bonchev–Trinajstić information content (AvgIpc) is 2.70. The van der Waals surface area contributed by atoms with E-state index in [0.717, 1.165) is 22.4 Å². The van der Waals surface area contributed by atoms with Gasteiger partial charge in [-0.05, 0) is 55.2 Å². The number of hydrogen-bond acceptors (Lipinski definition) is 3. The third kappa shape index (κ3) is 2.46. The highest BCUT2D eigenvalue weighted by atomic mass is 16.5. The largest absolute Gasteiger partial charge is 0.507 e. The van der Waals surface area contributed by atoms with E-state index in [1.54, 1.807) is 13.2 Å². The number of ether oxygens (including phenoxy) is 1. The van der Waals surface area contributed by atoms with Gasteiger partial charge in [-0.2, -0.15) is 0 Å². The average molecular weight is 372 g/mol. The molecule has 0 spiro atoms. The molecule has 0 fully saturated rings. The molecule has 3 heteroatoms. The highest BCUT2D eigenvalue weighted by Crippen LogP contribution is 2.56. The number of carbonyl (C=O) groups is 1. The molecule has 2 aliphatic carbocycles. The zero-order chi connectivity index (χ0) is 20.1. The summed E-state index contributed by atoms with van der Waals surface area (Å²) in [5.74, 6) is 0.856.